The number of hydrogen-bond donors (Lipinski definition) is 4. The first kappa shape index (κ1) is 51.6. The van der Waals surface area contributed by atoms with Crippen molar-refractivity contribution in [2.24, 2.45) is 11.8 Å². The van der Waals surface area contributed by atoms with Gasteiger partial charge in [-0.3, -0.25) is 38.3 Å². The van der Waals surface area contributed by atoms with E-state index in [1.165, 1.54) is 20.2 Å². The maximum atomic E-state index is 14.8. The molecule has 7 amide bonds. The minimum absolute atomic E-state index is 0.0138. The molecule has 23 heteroatoms. The lowest BCUT2D eigenvalue weighted by Gasteiger charge is -2.36. The Labute approximate surface area is 382 Å². The zero-order valence-electron chi connectivity index (χ0n) is 36.5. The van der Waals surface area contributed by atoms with Crippen LogP contribution in [0.5, 0.6) is 0 Å². The van der Waals surface area contributed by atoms with E-state index in [1.807, 2.05) is 0 Å². The van der Waals surface area contributed by atoms with E-state index in [4.69, 9.17) is 23.2 Å². The largest absolute Gasteiger partial charge is 0.426 e. The van der Waals surface area contributed by atoms with Crippen LogP contribution in [0.2, 0.25) is 10.0 Å². The van der Waals surface area contributed by atoms with Gasteiger partial charge in [0.25, 0.3) is 5.91 Å². The number of amides is 7. The number of alkyl halides is 6. The van der Waals surface area contributed by atoms with E-state index in [9.17, 15) is 59.9 Å². The van der Waals surface area contributed by atoms with Crippen molar-refractivity contribution in [1.29, 1.82) is 0 Å². The number of hydrogen-bond acceptors (Lipinski definition) is 8. The molecule has 0 bridgehead atoms. The molecule has 65 heavy (non-hydrogen) atoms. The second-order valence-corrected chi connectivity index (χ2v) is 18.8. The van der Waals surface area contributed by atoms with Crippen LogP contribution in [0.15, 0.2) is 18.2 Å². The van der Waals surface area contributed by atoms with Gasteiger partial charge in [-0.25, -0.2) is 4.39 Å². The molecule has 2 saturated heterocycles. The molecule has 2 saturated carbocycles. The van der Waals surface area contributed by atoms with Gasteiger partial charge in [-0.2, -0.15) is 22.0 Å². The number of ether oxygens (including phenoxy) is 1. The second-order valence-electron chi connectivity index (χ2n) is 17.9. The SMILES string of the molecule is CC(C)C[C@@H]1NC(=O)[C@@H](N(C)C(=O)[C@@H](NC(=O)[C@H]2C[C@@H](F)CN2C(=O)[C@@](C)(OC(F)F)C(F)(F)F)C2CC2)CCCCNC(=O)C2(CC2)NC(=O)[C@H](Cc2cc(Cl)ccc2Cl)N(C)C1=O. The molecule has 1 aromatic rings. The Balaban J connectivity index is 1.42. The Kier molecular flexibility index (Phi) is 16.4. The summed E-state index contributed by atoms with van der Waals surface area (Å²) in [6, 6.07) is -2.53. The van der Waals surface area contributed by atoms with Crippen LogP contribution in [0.4, 0.5) is 26.3 Å². The number of likely N-dealkylation sites (tertiary alicyclic amines) is 1. The van der Waals surface area contributed by atoms with Gasteiger partial charge < -0.3 is 36.0 Å². The van der Waals surface area contributed by atoms with Crippen LogP contribution in [0.25, 0.3) is 0 Å². The molecule has 1 aromatic carbocycles. The maximum absolute atomic E-state index is 14.8. The Bertz CT molecular complexity index is 1990. The zero-order valence-corrected chi connectivity index (χ0v) is 38.1. The molecule has 4 aliphatic rings. The van der Waals surface area contributed by atoms with E-state index in [0.29, 0.717) is 42.7 Å². The van der Waals surface area contributed by atoms with Crippen molar-refractivity contribution in [3.05, 3.63) is 33.8 Å². The van der Waals surface area contributed by atoms with E-state index in [0.717, 1.165) is 9.80 Å². The van der Waals surface area contributed by atoms with Gasteiger partial charge in [0.2, 0.25) is 41.0 Å². The number of carbonyl (C=O) groups excluding carboxylic acids is 7. The fourth-order valence-electron chi connectivity index (χ4n) is 8.24. The third-order valence-electron chi connectivity index (χ3n) is 12.5. The summed E-state index contributed by atoms with van der Waals surface area (Å²) in [6.07, 6.45) is -6.56. The molecule has 15 nitrogen and oxygen atoms in total. The Morgan fingerprint density at radius 1 is 1.03 bits per heavy atom. The van der Waals surface area contributed by atoms with E-state index < -0.39 is 121 Å². The summed E-state index contributed by atoms with van der Waals surface area (Å²) in [7, 11) is 2.66. The highest BCUT2D eigenvalue weighted by atomic mass is 35.5. The molecule has 4 fully saturated rings. The van der Waals surface area contributed by atoms with Crippen LogP contribution in [-0.4, -0.2) is 144 Å². The van der Waals surface area contributed by atoms with Gasteiger partial charge in [0.15, 0.2) is 0 Å². The minimum Gasteiger partial charge on any atom is -0.354 e. The van der Waals surface area contributed by atoms with Crippen LogP contribution in [-0.2, 0) is 44.7 Å². The summed E-state index contributed by atoms with van der Waals surface area (Å²) in [5, 5.41) is 11.5. The molecule has 2 aliphatic heterocycles. The summed E-state index contributed by atoms with van der Waals surface area (Å²) in [5.74, 6) is -7.46. The van der Waals surface area contributed by atoms with Gasteiger partial charge >= 0.3 is 12.8 Å². The van der Waals surface area contributed by atoms with Crippen LogP contribution in [0, 0.1) is 11.8 Å². The highest BCUT2D eigenvalue weighted by Gasteiger charge is 2.63. The smallest absolute Gasteiger partial charge is 0.354 e. The molecule has 0 unspecified atom stereocenters. The highest BCUT2D eigenvalue weighted by molar-refractivity contribution is 6.33. The Hall–Kier alpha value is -4.37. The van der Waals surface area contributed by atoms with E-state index >= 15 is 0 Å². The normalized spacial score (nSPS) is 26.0. The van der Waals surface area contributed by atoms with Crippen LogP contribution < -0.4 is 21.3 Å². The fourth-order valence-corrected chi connectivity index (χ4v) is 8.63. The minimum atomic E-state index is -5.70. The molecule has 362 valence electrons. The summed E-state index contributed by atoms with van der Waals surface area (Å²) >= 11 is 12.8. The number of nitrogens with zero attached hydrogens (tertiary/aromatic N) is 3. The van der Waals surface area contributed by atoms with Crippen molar-refractivity contribution in [2.45, 2.75) is 145 Å². The average molecular weight is 971 g/mol. The Morgan fingerprint density at radius 2 is 1.69 bits per heavy atom. The summed E-state index contributed by atoms with van der Waals surface area (Å²) < 4.78 is 86.9. The number of carbonyl (C=O) groups is 7. The molecule has 2 heterocycles. The van der Waals surface area contributed by atoms with Crippen molar-refractivity contribution in [3.8, 4) is 0 Å². The predicted octanol–water partition coefficient (Wildman–Crippen LogP) is 4.06. The first-order valence-corrected chi connectivity index (χ1v) is 22.2. The Morgan fingerprint density at radius 3 is 2.28 bits per heavy atom. The summed E-state index contributed by atoms with van der Waals surface area (Å²) in [4.78, 5) is 100. The third kappa shape index (κ3) is 12.2. The monoisotopic (exact) mass is 969 g/mol. The molecular weight excluding hydrogens is 915 g/mol. The molecule has 0 radical (unpaired) electrons. The number of rotatable bonds is 12. The van der Waals surface area contributed by atoms with Gasteiger partial charge in [-0.15, -0.1) is 0 Å². The number of benzene rings is 1. The molecule has 5 rings (SSSR count). The van der Waals surface area contributed by atoms with Gasteiger partial charge in [-0.05, 0) is 93.9 Å². The number of nitrogens with one attached hydrogen (secondary N) is 4. The van der Waals surface area contributed by atoms with Crippen LogP contribution in [0.3, 0.4) is 0 Å². The molecule has 4 N–H and O–H groups in total. The molecule has 7 atom stereocenters. The van der Waals surface area contributed by atoms with Crippen LogP contribution >= 0.6 is 23.2 Å². The van der Waals surface area contributed by atoms with E-state index in [-0.39, 0.29) is 55.0 Å². The lowest BCUT2D eigenvalue weighted by Crippen LogP contribution is -2.62. The summed E-state index contributed by atoms with van der Waals surface area (Å²) in [6.45, 7) is -1.32. The van der Waals surface area contributed by atoms with Gasteiger partial charge in [0.1, 0.15) is 41.9 Å². The van der Waals surface area contributed by atoms with Crippen LogP contribution in [0.1, 0.15) is 84.1 Å². The average Bonchev–Trinajstić information content (AvgIpc) is 4.16. The van der Waals surface area contributed by atoms with E-state index in [2.05, 4.69) is 26.0 Å². The first-order chi connectivity index (χ1) is 30.3. The molecule has 1 spiro atoms. The number of halogens is 8. The number of likely N-dealkylation sites (N-methyl/N-ethyl adjacent to an activating group) is 2. The zero-order chi connectivity index (χ0) is 48.3. The van der Waals surface area contributed by atoms with Crippen molar-refractivity contribution in [1.82, 2.24) is 36.0 Å². The molecule has 2 aliphatic carbocycles. The topological polar surface area (TPSA) is 187 Å². The third-order valence-corrected chi connectivity index (χ3v) is 13.1. The van der Waals surface area contributed by atoms with Crippen molar-refractivity contribution in [3.63, 3.8) is 0 Å². The lowest BCUT2D eigenvalue weighted by atomic mass is 9.98. The van der Waals surface area contributed by atoms with E-state index in [1.54, 1.807) is 26.0 Å². The van der Waals surface area contributed by atoms with Gasteiger partial charge in [0, 0.05) is 43.5 Å². The van der Waals surface area contributed by atoms with Gasteiger partial charge in [0.05, 0.1) is 6.54 Å². The summed E-state index contributed by atoms with van der Waals surface area (Å²) in [5.41, 5.74) is -4.93. The maximum Gasteiger partial charge on any atom is 0.426 e. The van der Waals surface area contributed by atoms with Crippen molar-refractivity contribution in [2.75, 3.05) is 27.2 Å². The van der Waals surface area contributed by atoms with Crippen molar-refractivity contribution >= 4 is 64.6 Å². The fraction of sp³-hybridized carbons (Fsp3) is 0.690. The molecule has 0 aromatic heterocycles. The van der Waals surface area contributed by atoms with Gasteiger partial charge in [-0.1, -0.05) is 37.0 Å². The standard InChI is InChI=1S/C42H55Cl2F6N7O8/c1-21(2)16-27-35(61)56(5)29(18-23-17-24(43)11-12-26(23)44)34(60)54-41(13-14-41)37(63)51-15-7-6-8-28(32(58)52-27)55(4)36(62)31(22-9-10-22)53-33(59)30-19-25(45)20-57(30)38(64)40(3,42(48,49)50)65-39(46)47/h11-12,17,21-22,25,27-31,39H,6-10,13-16,18-20H2,1-5H3,(H,51,63)(H,52,58)(H,53,59)(H,54,60)/t25-,27+,28+,29+,30-,31+,40-/m1/s1. The highest BCUT2D eigenvalue weighted by Crippen LogP contribution is 2.40. The lowest BCUT2D eigenvalue weighted by molar-refractivity contribution is -0.310. The predicted molar refractivity (Wildman–Crippen MR) is 223 cm³/mol. The second kappa shape index (κ2) is 20.7. The first-order valence-electron chi connectivity index (χ1n) is 21.5. The quantitative estimate of drug-likeness (QED) is 0.226. The molecular formula is C42H55Cl2F6N7O8. The van der Waals surface area contributed by atoms with Crippen molar-refractivity contribution < 1.29 is 64.6 Å².